The predicted octanol–water partition coefficient (Wildman–Crippen LogP) is 3.18. The minimum atomic E-state index is -0.616. The Kier molecular flexibility index (Phi) is 5.86. The smallest absolute Gasteiger partial charge is 0.251 e. The number of para-hydroxylation sites is 1. The molecule has 6 nitrogen and oxygen atoms in total. The van der Waals surface area contributed by atoms with Crippen molar-refractivity contribution in [1.29, 1.82) is 0 Å². The molecule has 0 spiro atoms. The summed E-state index contributed by atoms with van der Waals surface area (Å²) in [6, 6.07) is 14.3. The fourth-order valence-corrected chi connectivity index (χ4v) is 3.40. The quantitative estimate of drug-likeness (QED) is 0.559. The Labute approximate surface area is 166 Å². The van der Waals surface area contributed by atoms with Crippen LogP contribution < -0.4 is 11.1 Å². The molecule has 0 atom stereocenters. The SMILES string of the molecule is CC(=O)NCc1ccc(-c2csc(/C(=C/c3ccccc3O)C(N)=O)n2)cc1. The fraction of sp³-hybridized carbons (Fsp3) is 0.0952. The van der Waals surface area contributed by atoms with Gasteiger partial charge in [0.05, 0.1) is 11.3 Å². The number of rotatable bonds is 6. The van der Waals surface area contributed by atoms with Gasteiger partial charge in [-0.25, -0.2) is 4.98 Å². The number of aromatic hydroxyl groups is 1. The number of benzene rings is 2. The first-order chi connectivity index (χ1) is 13.4. The molecule has 1 heterocycles. The van der Waals surface area contributed by atoms with Crippen molar-refractivity contribution in [3.05, 3.63) is 70.0 Å². The third-order valence-electron chi connectivity index (χ3n) is 4.03. The van der Waals surface area contributed by atoms with Crippen LogP contribution >= 0.6 is 11.3 Å². The van der Waals surface area contributed by atoms with Crippen LogP contribution in [0.4, 0.5) is 0 Å². The van der Waals surface area contributed by atoms with Crippen molar-refractivity contribution in [1.82, 2.24) is 10.3 Å². The maximum Gasteiger partial charge on any atom is 0.251 e. The molecular formula is C21H19N3O3S. The molecule has 4 N–H and O–H groups in total. The zero-order valence-corrected chi connectivity index (χ0v) is 16.0. The minimum absolute atomic E-state index is 0.0628. The van der Waals surface area contributed by atoms with Gasteiger partial charge in [0.2, 0.25) is 5.91 Å². The molecule has 0 radical (unpaired) electrons. The van der Waals surface area contributed by atoms with E-state index in [0.717, 1.165) is 16.8 Å². The van der Waals surface area contributed by atoms with Crippen LogP contribution in [0.5, 0.6) is 5.75 Å². The van der Waals surface area contributed by atoms with E-state index in [1.54, 1.807) is 24.3 Å². The number of aromatic nitrogens is 1. The number of primary amides is 1. The van der Waals surface area contributed by atoms with Crippen LogP contribution in [0.1, 0.15) is 23.1 Å². The number of phenolic OH excluding ortho intramolecular Hbond substituents is 1. The maximum atomic E-state index is 11.9. The Morgan fingerprint density at radius 3 is 2.54 bits per heavy atom. The molecule has 1 aromatic heterocycles. The molecule has 2 amide bonds. The summed E-state index contributed by atoms with van der Waals surface area (Å²) in [4.78, 5) is 27.5. The third-order valence-corrected chi connectivity index (χ3v) is 4.90. The van der Waals surface area contributed by atoms with Gasteiger partial charge in [-0.1, -0.05) is 42.5 Å². The number of amides is 2. The van der Waals surface area contributed by atoms with Crippen molar-refractivity contribution in [3.63, 3.8) is 0 Å². The van der Waals surface area contributed by atoms with Crippen molar-refractivity contribution in [2.75, 3.05) is 0 Å². The summed E-state index contributed by atoms with van der Waals surface area (Å²) in [5.41, 5.74) is 8.85. The molecule has 0 aliphatic rings. The number of hydrogen-bond donors (Lipinski definition) is 3. The summed E-state index contributed by atoms with van der Waals surface area (Å²) in [5, 5.41) is 15.0. The standard InChI is InChI=1S/C21H19N3O3S/c1-13(25)23-11-14-6-8-15(9-7-14)18-12-28-21(24-18)17(20(22)27)10-16-4-2-3-5-19(16)26/h2-10,12,26H,11H2,1H3,(H2,22,27)(H,23,25)/b17-10+. The van der Waals surface area contributed by atoms with E-state index in [-0.39, 0.29) is 17.2 Å². The third kappa shape index (κ3) is 4.63. The van der Waals surface area contributed by atoms with Gasteiger partial charge in [-0.2, -0.15) is 0 Å². The zero-order valence-electron chi connectivity index (χ0n) is 15.2. The number of nitrogens with zero attached hydrogens (tertiary/aromatic N) is 1. The maximum absolute atomic E-state index is 11.9. The Balaban J connectivity index is 1.86. The van der Waals surface area contributed by atoms with E-state index in [0.29, 0.717) is 17.1 Å². The number of carbonyl (C=O) groups is 2. The van der Waals surface area contributed by atoms with E-state index in [9.17, 15) is 14.7 Å². The molecule has 28 heavy (non-hydrogen) atoms. The van der Waals surface area contributed by atoms with Gasteiger partial charge in [0, 0.05) is 30.0 Å². The second kappa shape index (κ2) is 8.49. The fourth-order valence-electron chi connectivity index (χ4n) is 2.55. The second-order valence-electron chi connectivity index (χ2n) is 6.13. The van der Waals surface area contributed by atoms with Crippen LogP contribution in [0.25, 0.3) is 22.9 Å². The number of nitrogens with two attached hydrogens (primary N) is 1. The number of carbonyl (C=O) groups excluding carboxylic acids is 2. The number of thiazole rings is 1. The molecule has 0 aliphatic heterocycles. The summed E-state index contributed by atoms with van der Waals surface area (Å²) in [6.07, 6.45) is 1.54. The van der Waals surface area contributed by atoms with E-state index >= 15 is 0 Å². The van der Waals surface area contributed by atoms with Gasteiger partial charge in [-0.15, -0.1) is 11.3 Å². The summed E-state index contributed by atoms with van der Waals surface area (Å²) in [6.45, 7) is 1.94. The molecule has 0 aliphatic carbocycles. The van der Waals surface area contributed by atoms with Crippen molar-refractivity contribution in [3.8, 4) is 17.0 Å². The first-order valence-corrected chi connectivity index (χ1v) is 9.41. The Bertz CT molecular complexity index is 1040. The van der Waals surface area contributed by atoms with E-state index < -0.39 is 5.91 Å². The summed E-state index contributed by atoms with van der Waals surface area (Å²) >= 11 is 1.31. The Morgan fingerprint density at radius 1 is 1.18 bits per heavy atom. The van der Waals surface area contributed by atoms with Gasteiger partial charge >= 0.3 is 0 Å². The van der Waals surface area contributed by atoms with Crippen LogP contribution in [0.3, 0.4) is 0 Å². The molecule has 2 aromatic carbocycles. The van der Waals surface area contributed by atoms with Crippen molar-refractivity contribution < 1.29 is 14.7 Å². The normalized spacial score (nSPS) is 11.2. The lowest BCUT2D eigenvalue weighted by atomic mass is 10.1. The van der Waals surface area contributed by atoms with Gasteiger partial charge in [-0.05, 0) is 17.7 Å². The average Bonchev–Trinajstić information content (AvgIpc) is 3.15. The highest BCUT2D eigenvalue weighted by molar-refractivity contribution is 7.11. The number of phenols is 1. The molecule has 7 heteroatoms. The second-order valence-corrected chi connectivity index (χ2v) is 6.98. The molecular weight excluding hydrogens is 374 g/mol. The van der Waals surface area contributed by atoms with Gasteiger partial charge in [0.15, 0.2) is 0 Å². The zero-order chi connectivity index (χ0) is 20.1. The molecule has 3 aromatic rings. The summed E-state index contributed by atoms with van der Waals surface area (Å²) < 4.78 is 0. The molecule has 0 unspecified atom stereocenters. The highest BCUT2D eigenvalue weighted by atomic mass is 32.1. The largest absolute Gasteiger partial charge is 0.507 e. The molecule has 0 fully saturated rings. The molecule has 0 saturated heterocycles. The van der Waals surface area contributed by atoms with Crippen molar-refractivity contribution in [2.45, 2.75) is 13.5 Å². The van der Waals surface area contributed by atoms with E-state index in [4.69, 9.17) is 5.73 Å². The average molecular weight is 393 g/mol. The van der Waals surface area contributed by atoms with Crippen LogP contribution in [0.15, 0.2) is 53.9 Å². The minimum Gasteiger partial charge on any atom is -0.507 e. The highest BCUT2D eigenvalue weighted by Crippen LogP contribution is 2.29. The van der Waals surface area contributed by atoms with Gasteiger partial charge in [0.1, 0.15) is 10.8 Å². The molecule has 0 bridgehead atoms. The number of nitrogens with one attached hydrogen (secondary N) is 1. The van der Waals surface area contributed by atoms with Crippen molar-refractivity contribution >= 4 is 34.8 Å². The van der Waals surface area contributed by atoms with Gasteiger partial charge in [0.25, 0.3) is 5.91 Å². The topological polar surface area (TPSA) is 105 Å². The summed E-state index contributed by atoms with van der Waals surface area (Å²) in [5.74, 6) is -0.633. The Morgan fingerprint density at radius 2 is 1.89 bits per heavy atom. The highest BCUT2D eigenvalue weighted by Gasteiger charge is 2.15. The van der Waals surface area contributed by atoms with Gasteiger partial charge < -0.3 is 16.2 Å². The molecule has 142 valence electrons. The van der Waals surface area contributed by atoms with Gasteiger partial charge in [-0.3, -0.25) is 9.59 Å². The lowest BCUT2D eigenvalue weighted by Crippen LogP contribution is -2.18. The van der Waals surface area contributed by atoms with Crippen molar-refractivity contribution in [2.24, 2.45) is 5.73 Å². The lowest BCUT2D eigenvalue weighted by molar-refractivity contribution is -0.119. The predicted molar refractivity (Wildman–Crippen MR) is 110 cm³/mol. The van der Waals surface area contributed by atoms with Crippen LogP contribution in [0.2, 0.25) is 0 Å². The van der Waals surface area contributed by atoms with Crippen LogP contribution in [-0.4, -0.2) is 21.9 Å². The first-order valence-electron chi connectivity index (χ1n) is 8.53. The monoisotopic (exact) mass is 393 g/mol. The van der Waals surface area contributed by atoms with E-state index in [1.165, 1.54) is 24.3 Å². The lowest BCUT2D eigenvalue weighted by Gasteiger charge is -2.04. The van der Waals surface area contributed by atoms with Crippen LogP contribution in [0, 0.1) is 0 Å². The van der Waals surface area contributed by atoms with Crippen LogP contribution in [-0.2, 0) is 16.1 Å². The van der Waals surface area contributed by atoms with E-state index in [2.05, 4.69) is 10.3 Å². The van der Waals surface area contributed by atoms with E-state index in [1.807, 2.05) is 29.6 Å². The molecule has 3 rings (SSSR count). The summed E-state index contributed by atoms with van der Waals surface area (Å²) in [7, 11) is 0. The Hall–Kier alpha value is -3.45. The first kappa shape index (κ1) is 19.3. The molecule has 0 saturated carbocycles. The number of hydrogen-bond acceptors (Lipinski definition) is 5.